The van der Waals surface area contributed by atoms with E-state index in [2.05, 4.69) is 10.4 Å². The molecule has 1 N–H and O–H groups in total. The molecule has 74 valence electrons. The van der Waals surface area contributed by atoms with Gasteiger partial charge in [-0.05, 0) is 0 Å². The summed E-state index contributed by atoms with van der Waals surface area (Å²) in [5, 5.41) is 6.90. The molecule has 0 saturated heterocycles. The van der Waals surface area contributed by atoms with Gasteiger partial charge in [0.25, 0.3) is 0 Å². The average Bonchev–Trinajstić information content (AvgIpc) is 2.33. The summed E-state index contributed by atoms with van der Waals surface area (Å²) in [6.45, 7) is 0.421. The number of sulfone groups is 1. The van der Waals surface area contributed by atoms with E-state index in [1.807, 2.05) is 7.05 Å². The molecule has 0 unspecified atom stereocenters. The van der Waals surface area contributed by atoms with Gasteiger partial charge < -0.3 is 5.32 Å². The van der Waals surface area contributed by atoms with E-state index in [4.69, 9.17) is 0 Å². The number of nitrogens with one attached hydrogen (secondary N) is 1. The van der Waals surface area contributed by atoms with Crippen molar-refractivity contribution in [2.45, 2.75) is 0 Å². The van der Waals surface area contributed by atoms with E-state index in [1.165, 1.54) is 6.26 Å². The van der Waals surface area contributed by atoms with Gasteiger partial charge in [0.05, 0.1) is 17.6 Å². The zero-order chi connectivity index (χ0) is 9.90. The first-order chi connectivity index (χ1) is 5.97. The van der Waals surface area contributed by atoms with Gasteiger partial charge in [0, 0.05) is 26.0 Å². The maximum atomic E-state index is 10.8. The Kier molecular flexibility index (Phi) is 2.92. The van der Waals surface area contributed by atoms with E-state index in [0.29, 0.717) is 6.54 Å². The molecule has 0 bridgehead atoms. The summed E-state index contributed by atoms with van der Waals surface area (Å²) in [7, 11) is -1.07. The topological polar surface area (TPSA) is 64.0 Å². The van der Waals surface area contributed by atoms with Crippen LogP contribution in [0.3, 0.4) is 0 Å². The number of aryl methyl sites for hydroxylation is 1. The van der Waals surface area contributed by atoms with Crippen LogP contribution in [0.1, 0.15) is 0 Å². The molecule has 0 atom stereocenters. The quantitative estimate of drug-likeness (QED) is 0.740. The van der Waals surface area contributed by atoms with Crippen molar-refractivity contribution < 1.29 is 8.42 Å². The minimum atomic E-state index is -2.88. The highest BCUT2D eigenvalue weighted by molar-refractivity contribution is 7.90. The Hall–Kier alpha value is -1.04. The SMILES string of the molecule is Cn1cc(NCCS(C)(=O)=O)cn1. The van der Waals surface area contributed by atoms with Crippen molar-refractivity contribution in [3.05, 3.63) is 12.4 Å². The van der Waals surface area contributed by atoms with Gasteiger partial charge in [-0.25, -0.2) is 8.42 Å². The Labute approximate surface area is 77.7 Å². The van der Waals surface area contributed by atoms with Crippen molar-refractivity contribution in [2.75, 3.05) is 23.9 Å². The fraction of sp³-hybridized carbons (Fsp3) is 0.571. The van der Waals surface area contributed by atoms with Crippen LogP contribution in [-0.4, -0.2) is 36.8 Å². The normalized spacial score (nSPS) is 11.5. The van der Waals surface area contributed by atoms with Crippen LogP contribution >= 0.6 is 0 Å². The summed E-state index contributed by atoms with van der Waals surface area (Å²) in [4.78, 5) is 0. The van der Waals surface area contributed by atoms with Crippen molar-refractivity contribution >= 4 is 15.5 Å². The summed E-state index contributed by atoms with van der Waals surface area (Å²) in [5.41, 5.74) is 0.839. The van der Waals surface area contributed by atoms with Crippen LogP contribution in [0, 0.1) is 0 Å². The number of rotatable bonds is 4. The predicted octanol–water partition coefficient (Wildman–Crippen LogP) is -0.123. The van der Waals surface area contributed by atoms with Gasteiger partial charge in [0.15, 0.2) is 0 Å². The lowest BCUT2D eigenvalue weighted by atomic mass is 10.5. The second-order valence-electron chi connectivity index (χ2n) is 2.96. The first-order valence-corrected chi connectivity index (χ1v) is 5.94. The standard InChI is InChI=1S/C7H13N3O2S/c1-10-6-7(5-9-10)8-3-4-13(2,11)12/h5-6,8H,3-4H2,1-2H3. The first kappa shape index (κ1) is 10.0. The monoisotopic (exact) mass is 203 g/mol. The van der Waals surface area contributed by atoms with Crippen LogP contribution in [0.5, 0.6) is 0 Å². The Morgan fingerprint density at radius 2 is 2.31 bits per heavy atom. The molecule has 0 saturated carbocycles. The number of nitrogens with zero attached hydrogens (tertiary/aromatic N) is 2. The molecule has 1 heterocycles. The molecular formula is C7H13N3O2S. The summed E-state index contributed by atoms with van der Waals surface area (Å²) >= 11 is 0. The third kappa shape index (κ3) is 3.93. The largest absolute Gasteiger partial charge is 0.381 e. The van der Waals surface area contributed by atoms with Crippen LogP contribution in [0.25, 0.3) is 0 Å². The number of anilines is 1. The van der Waals surface area contributed by atoms with E-state index < -0.39 is 9.84 Å². The fourth-order valence-corrected chi connectivity index (χ4v) is 1.37. The fourth-order valence-electron chi connectivity index (χ4n) is 0.893. The van der Waals surface area contributed by atoms with E-state index in [0.717, 1.165) is 5.69 Å². The molecule has 0 radical (unpaired) electrons. The molecule has 0 aliphatic carbocycles. The number of hydrogen-bond donors (Lipinski definition) is 1. The van der Waals surface area contributed by atoms with Gasteiger partial charge >= 0.3 is 0 Å². The summed E-state index contributed by atoms with van der Waals surface area (Å²) < 4.78 is 23.2. The van der Waals surface area contributed by atoms with Gasteiger partial charge in [-0.15, -0.1) is 0 Å². The Morgan fingerprint density at radius 3 is 2.77 bits per heavy atom. The highest BCUT2D eigenvalue weighted by atomic mass is 32.2. The molecule has 1 aromatic heterocycles. The molecule has 13 heavy (non-hydrogen) atoms. The van der Waals surface area contributed by atoms with E-state index in [-0.39, 0.29) is 5.75 Å². The van der Waals surface area contributed by atoms with E-state index in [9.17, 15) is 8.42 Å². The Bertz CT molecular complexity index is 369. The molecular weight excluding hydrogens is 190 g/mol. The second-order valence-corrected chi connectivity index (χ2v) is 5.22. The number of aromatic nitrogens is 2. The summed E-state index contributed by atoms with van der Waals surface area (Å²) in [6, 6.07) is 0. The summed E-state index contributed by atoms with van der Waals surface area (Å²) in [5.74, 6) is 0.141. The minimum absolute atomic E-state index is 0.141. The van der Waals surface area contributed by atoms with E-state index in [1.54, 1.807) is 17.1 Å². The molecule has 0 spiro atoms. The third-order valence-corrected chi connectivity index (χ3v) is 2.45. The van der Waals surface area contributed by atoms with E-state index >= 15 is 0 Å². The molecule has 1 rings (SSSR count). The van der Waals surface area contributed by atoms with Crippen molar-refractivity contribution in [3.63, 3.8) is 0 Å². The maximum absolute atomic E-state index is 10.8. The Morgan fingerprint density at radius 1 is 1.62 bits per heavy atom. The Balaban J connectivity index is 2.36. The van der Waals surface area contributed by atoms with Crippen molar-refractivity contribution in [1.29, 1.82) is 0 Å². The van der Waals surface area contributed by atoms with Gasteiger partial charge in [0.2, 0.25) is 0 Å². The number of hydrogen-bond acceptors (Lipinski definition) is 4. The first-order valence-electron chi connectivity index (χ1n) is 3.87. The lowest BCUT2D eigenvalue weighted by Gasteiger charge is -2.00. The summed E-state index contributed by atoms with van der Waals surface area (Å²) in [6.07, 6.45) is 4.67. The molecule has 0 aromatic carbocycles. The van der Waals surface area contributed by atoms with Crippen LogP contribution in [0.2, 0.25) is 0 Å². The molecule has 6 heteroatoms. The average molecular weight is 203 g/mol. The predicted molar refractivity (Wildman–Crippen MR) is 51.4 cm³/mol. The highest BCUT2D eigenvalue weighted by Crippen LogP contribution is 2.02. The van der Waals surface area contributed by atoms with Gasteiger partial charge in [-0.2, -0.15) is 5.10 Å². The van der Waals surface area contributed by atoms with Crippen molar-refractivity contribution in [1.82, 2.24) is 9.78 Å². The van der Waals surface area contributed by atoms with Gasteiger partial charge in [-0.1, -0.05) is 0 Å². The molecule has 0 aliphatic heterocycles. The zero-order valence-electron chi connectivity index (χ0n) is 7.69. The molecule has 0 fully saturated rings. The molecule has 0 aliphatic rings. The molecule has 0 amide bonds. The highest BCUT2D eigenvalue weighted by Gasteiger charge is 2.01. The van der Waals surface area contributed by atoms with Crippen LogP contribution in [0.4, 0.5) is 5.69 Å². The van der Waals surface area contributed by atoms with Crippen LogP contribution in [-0.2, 0) is 16.9 Å². The van der Waals surface area contributed by atoms with Crippen molar-refractivity contribution in [2.24, 2.45) is 7.05 Å². The van der Waals surface area contributed by atoms with Gasteiger partial charge in [0.1, 0.15) is 9.84 Å². The van der Waals surface area contributed by atoms with Crippen molar-refractivity contribution in [3.8, 4) is 0 Å². The lowest BCUT2D eigenvalue weighted by Crippen LogP contribution is -2.13. The maximum Gasteiger partial charge on any atom is 0.149 e. The van der Waals surface area contributed by atoms with Gasteiger partial charge in [-0.3, -0.25) is 4.68 Å². The van der Waals surface area contributed by atoms with Crippen LogP contribution in [0.15, 0.2) is 12.4 Å². The smallest absolute Gasteiger partial charge is 0.149 e. The zero-order valence-corrected chi connectivity index (χ0v) is 8.50. The lowest BCUT2D eigenvalue weighted by molar-refractivity contribution is 0.602. The molecule has 5 nitrogen and oxygen atoms in total. The molecule has 1 aromatic rings. The third-order valence-electron chi connectivity index (χ3n) is 1.51. The minimum Gasteiger partial charge on any atom is -0.381 e. The second kappa shape index (κ2) is 3.78. The van der Waals surface area contributed by atoms with Crippen LogP contribution < -0.4 is 5.32 Å².